The first-order valence-electron chi connectivity index (χ1n) is 8.27. The van der Waals surface area contributed by atoms with E-state index in [2.05, 4.69) is 10.1 Å². The normalized spacial score (nSPS) is 18.2. The average molecular weight is 326 g/mol. The third-order valence-electron chi connectivity index (χ3n) is 4.66. The topological polar surface area (TPSA) is 53.9 Å². The molecular weight excluding hydrogens is 307 g/mol. The lowest BCUT2D eigenvalue weighted by Gasteiger charge is -2.35. The summed E-state index contributed by atoms with van der Waals surface area (Å²) in [5, 5.41) is 4.97. The molecule has 0 spiro atoms. The van der Waals surface area contributed by atoms with Gasteiger partial charge in [0.1, 0.15) is 11.5 Å². The van der Waals surface area contributed by atoms with E-state index in [0.29, 0.717) is 12.2 Å². The molecule has 124 valence electrons. The zero-order valence-electron chi connectivity index (χ0n) is 13.3. The van der Waals surface area contributed by atoms with E-state index in [9.17, 15) is 9.18 Å². The summed E-state index contributed by atoms with van der Waals surface area (Å²) in [7, 11) is 0. The maximum absolute atomic E-state index is 13.4. The van der Waals surface area contributed by atoms with Crippen molar-refractivity contribution in [2.24, 2.45) is 0 Å². The first-order chi connectivity index (χ1) is 11.7. The molecule has 1 N–H and O–H groups in total. The highest BCUT2D eigenvalue weighted by Gasteiger charge is 2.28. The Morgan fingerprint density at radius 1 is 1.33 bits per heavy atom. The van der Waals surface area contributed by atoms with E-state index in [1.165, 1.54) is 12.1 Å². The van der Waals surface area contributed by atoms with Crippen molar-refractivity contribution in [1.82, 2.24) is 19.7 Å². The van der Waals surface area contributed by atoms with Gasteiger partial charge in [-0.25, -0.2) is 4.39 Å². The second-order valence-electron chi connectivity index (χ2n) is 6.29. The molecule has 24 heavy (non-hydrogen) atoms. The summed E-state index contributed by atoms with van der Waals surface area (Å²) in [6.07, 6.45) is 6.77. The maximum atomic E-state index is 13.4. The van der Waals surface area contributed by atoms with Crippen molar-refractivity contribution in [1.29, 1.82) is 0 Å². The second kappa shape index (κ2) is 6.11. The van der Waals surface area contributed by atoms with Crippen LogP contribution in [-0.4, -0.2) is 38.2 Å². The molecule has 0 unspecified atom stereocenters. The number of fused-ring (bicyclic) bond motifs is 1. The van der Waals surface area contributed by atoms with E-state index in [-0.39, 0.29) is 17.8 Å². The molecule has 1 atom stereocenters. The van der Waals surface area contributed by atoms with Crippen LogP contribution >= 0.6 is 0 Å². The number of carbonyl (C=O) groups excluding carboxylic acids is 1. The van der Waals surface area contributed by atoms with Crippen molar-refractivity contribution in [3.8, 4) is 0 Å². The highest BCUT2D eigenvalue weighted by Crippen LogP contribution is 2.23. The molecular formula is C18H19FN4O. The van der Waals surface area contributed by atoms with Crippen molar-refractivity contribution in [2.75, 3.05) is 6.54 Å². The number of rotatable bonds is 3. The van der Waals surface area contributed by atoms with Crippen molar-refractivity contribution < 1.29 is 9.18 Å². The molecule has 1 aliphatic heterocycles. The molecule has 0 radical (unpaired) electrons. The number of nitrogens with zero attached hydrogens (tertiary/aromatic N) is 3. The quantitative estimate of drug-likeness (QED) is 0.803. The molecule has 6 heteroatoms. The Morgan fingerprint density at radius 3 is 3.08 bits per heavy atom. The van der Waals surface area contributed by atoms with E-state index < -0.39 is 0 Å². The maximum Gasteiger partial charge on any atom is 0.270 e. The number of halogens is 1. The highest BCUT2D eigenvalue weighted by atomic mass is 19.1. The monoisotopic (exact) mass is 326 g/mol. The summed E-state index contributed by atoms with van der Waals surface area (Å²) in [4.78, 5) is 18.0. The number of hydrogen-bond acceptors (Lipinski definition) is 2. The predicted molar refractivity (Wildman–Crippen MR) is 89.2 cm³/mol. The van der Waals surface area contributed by atoms with E-state index in [1.807, 2.05) is 21.8 Å². The van der Waals surface area contributed by atoms with Gasteiger partial charge >= 0.3 is 0 Å². The lowest BCUT2D eigenvalue weighted by Crippen LogP contribution is -2.46. The number of aromatic amines is 1. The van der Waals surface area contributed by atoms with Crippen molar-refractivity contribution >= 4 is 16.8 Å². The summed E-state index contributed by atoms with van der Waals surface area (Å²) in [6, 6.07) is 8.27. The summed E-state index contributed by atoms with van der Waals surface area (Å²) in [5.41, 5.74) is 1.29. The molecule has 3 heterocycles. The summed E-state index contributed by atoms with van der Waals surface area (Å²) < 4.78 is 15.2. The largest absolute Gasteiger partial charge is 0.351 e. The van der Waals surface area contributed by atoms with Crippen LogP contribution < -0.4 is 0 Å². The van der Waals surface area contributed by atoms with Gasteiger partial charge in [-0.1, -0.05) is 0 Å². The summed E-state index contributed by atoms with van der Waals surface area (Å²) in [6.45, 7) is 1.45. The summed E-state index contributed by atoms with van der Waals surface area (Å²) in [5.74, 6) is -0.321. The van der Waals surface area contributed by atoms with Crippen LogP contribution in [-0.2, 0) is 6.54 Å². The zero-order chi connectivity index (χ0) is 16.5. The molecule has 0 bridgehead atoms. The molecule has 0 saturated carbocycles. The number of aromatic nitrogens is 3. The smallest absolute Gasteiger partial charge is 0.270 e. The lowest BCUT2D eigenvalue weighted by atomic mass is 10.0. The minimum absolute atomic E-state index is 0.0246. The van der Waals surface area contributed by atoms with Crippen LogP contribution in [0.1, 0.15) is 29.8 Å². The van der Waals surface area contributed by atoms with Crippen molar-refractivity contribution in [3.05, 3.63) is 54.2 Å². The molecule has 1 aliphatic rings. The van der Waals surface area contributed by atoms with Crippen molar-refractivity contribution in [3.63, 3.8) is 0 Å². The number of H-pyrrole nitrogens is 1. The highest BCUT2D eigenvalue weighted by molar-refractivity contribution is 5.98. The standard InChI is InChI=1S/C18H19FN4O/c19-14-5-6-16-13(10-14)11-17(21-16)18(24)23-9-2-1-4-15(23)12-22-8-3-7-20-22/h3,5-8,10-11,15,21H,1-2,4,9,12H2/t15-/m0/s1. The number of carbonyl (C=O) groups is 1. The number of amides is 1. The molecule has 3 aromatic rings. The van der Waals surface area contributed by atoms with E-state index in [4.69, 9.17) is 0 Å². The van der Waals surface area contributed by atoms with E-state index in [0.717, 1.165) is 36.7 Å². The van der Waals surface area contributed by atoms with Gasteiger partial charge in [-0.15, -0.1) is 0 Å². The Kier molecular flexibility index (Phi) is 3.80. The van der Waals surface area contributed by atoms with Crippen LogP contribution in [0, 0.1) is 5.82 Å². The first kappa shape index (κ1) is 14.9. The van der Waals surface area contributed by atoms with Gasteiger partial charge in [0, 0.05) is 29.8 Å². The molecule has 1 fully saturated rings. The van der Waals surface area contributed by atoms with Gasteiger partial charge in [0.05, 0.1) is 12.6 Å². The van der Waals surface area contributed by atoms with Crippen LogP contribution in [0.2, 0.25) is 0 Å². The Bertz CT molecular complexity index is 855. The lowest BCUT2D eigenvalue weighted by molar-refractivity contribution is 0.0579. The average Bonchev–Trinajstić information content (AvgIpc) is 3.23. The molecule has 1 saturated heterocycles. The number of benzene rings is 1. The fourth-order valence-corrected chi connectivity index (χ4v) is 3.46. The molecule has 2 aromatic heterocycles. The molecule has 5 nitrogen and oxygen atoms in total. The van der Waals surface area contributed by atoms with Gasteiger partial charge in [0.2, 0.25) is 0 Å². The molecule has 0 aliphatic carbocycles. The SMILES string of the molecule is O=C(c1cc2cc(F)ccc2[nH]1)N1CCCC[C@H]1Cn1cccn1. The minimum atomic E-state index is -0.296. The third-order valence-corrected chi connectivity index (χ3v) is 4.66. The number of likely N-dealkylation sites (tertiary alicyclic amines) is 1. The van der Waals surface area contributed by atoms with Gasteiger partial charge in [0.15, 0.2) is 0 Å². The third kappa shape index (κ3) is 2.79. The Labute approximate surface area is 139 Å². The van der Waals surface area contributed by atoms with Crippen LogP contribution in [0.25, 0.3) is 10.9 Å². The number of nitrogens with one attached hydrogen (secondary N) is 1. The van der Waals surface area contributed by atoms with Crippen LogP contribution in [0.5, 0.6) is 0 Å². The zero-order valence-corrected chi connectivity index (χ0v) is 13.3. The Hall–Kier alpha value is -2.63. The van der Waals surface area contributed by atoms with Crippen LogP contribution in [0.4, 0.5) is 4.39 Å². The van der Waals surface area contributed by atoms with E-state index in [1.54, 1.807) is 18.3 Å². The first-order valence-corrected chi connectivity index (χ1v) is 8.27. The minimum Gasteiger partial charge on any atom is -0.351 e. The van der Waals surface area contributed by atoms with E-state index >= 15 is 0 Å². The van der Waals surface area contributed by atoms with Crippen LogP contribution in [0.3, 0.4) is 0 Å². The number of hydrogen-bond donors (Lipinski definition) is 1. The molecule has 1 amide bonds. The van der Waals surface area contributed by atoms with Crippen molar-refractivity contribution in [2.45, 2.75) is 31.8 Å². The molecule has 4 rings (SSSR count). The van der Waals surface area contributed by atoms with Gasteiger partial charge in [-0.3, -0.25) is 9.48 Å². The Balaban J connectivity index is 1.60. The fourth-order valence-electron chi connectivity index (χ4n) is 3.46. The Morgan fingerprint density at radius 2 is 2.25 bits per heavy atom. The molecule has 1 aromatic carbocycles. The predicted octanol–water partition coefficient (Wildman–Crippen LogP) is 3.20. The fraction of sp³-hybridized carbons (Fsp3) is 0.333. The van der Waals surface area contributed by atoms with Gasteiger partial charge < -0.3 is 9.88 Å². The number of piperidine rings is 1. The van der Waals surface area contributed by atoms with Gasteiger partial charge in [-0.05, 0) is 49.6 Å². The summed E-state index contributed by atoms with van der Waals surface area (Å²) >= 11 is 0. The second-order valence-corrected chi connectivity index (χ2v) is 6.29. The van der Waals surface area contributed by atoms with Gasteiger partial charge in [-0.2, -0.15) is 5.10 Å². The van der Waals surface area contributed by atoms with Gasteiger partial charge in [0.25, 0.3) is 5.91 Å². The van der Waals surface area contributed by atoms with Crippen LogP contribution in [0.15, 0.2) is 42.7 Å².